The summed E-state index contributed by atoms with van der Waals surface area (Å²) in [5.74, 6) is 0.848. The molecule has 0 heterocycles. The molecule has 1 rings (SSSR count). The van der Waals surface area contributed by atoms with Gasteiger partial charge in [-0.05, 0) is 6.42 Å². The summed E-state index contributed by atoms with van der Waals surface area (Å²) < 4.78 is 5.39. The van der Waals surface area contributed by atoms with Crippen LogP contribution in [-0.2, 0) is 16.3 Å². The summed E-state index contributed by atoms with van der Waals surface area (Å²) in [6.07, 6.45) is 2.29. The van der Waals surface area contributed by atoms with Gasteiger partial charge in [-0.3, -0.25) is 0 Å². The minimum atomic E-state index is 0.803. The maximum absolute atomic E-state index is 5.39. The molecule has 3 heteroatoms. The molecule has 0 unspecified atom stereocenters. The molecule has 0 aliphatic heterocycles. The zero-order valence-electron chi connectivity index (χ0n) is 7.92. The summed E-state index contributed by atoms with van der Waals surface area (Å²) in [5, 5.41) is 0. The van der Waals surface area contributed by atoms with Crippen molar-refractivity contribution in [3.8, 4) is 5.75 Å². The van der Waals surface area contributed by atoms with Crippen LogP contribution in [-0.4, -0.2) is 6.61 Å². The summed E-state index contributed by atoms with van der Waals surface area (Å²) in [4.78, 5) is 0. The molecule has 0 aliphatic carbocycles. The Balaban J connectivity index is 0.000000671. The fraction of sp³-hybridized carbons (Fsp3) is 0.400. The molecule has 0 N–H and O–H groups in total. The zero-order valence-corrected chi connectivity index (χ0v) is 12.5. The third-order valence-corrected chi connectivity index (χ3v) is 1.44. The van der Waals surface area contributed by atoms with Crippen LogP contribution >= 0.6 is 13.6 Å². The first-order chi connectivity index (χ1) is 6.43. The minimum absolute atomic E-state index is 0.803. The molecule has 1 aromatic rings. The van der Waals surface area contributed by atoms with Gasteiger partial charge in [0.05, 0.1) is 6.61 Å². The van der Waals surface area contributed by atoms with E-state index in [0.717, 1.165) is 18.8 Å². The van der Waals surface area contributed by atoms with Gasteiger partial charge in [-0.2, -0.15) is 18.2 Å². The SMILES string of the molecule is CCCCOc1[c-]cccc1.[Zn+][Br]. The zero-order chi connectivity index (χ0) is 9.94. The third kappa shape index (κ3) is 7.21. The van der Waals surface area contributed by atoms with Crippen LogP contribution in [0.1, 0.15) is 19.8 Å². The van der Waals surface area contributed by atoms with Crippen LogP contribution in [0, 0.1) is 6.07 Å². The van der Waals surface area contributed by atoms with Crippen molar-refractivity contribution >= 4 is 13.6 Å². The topological polar surface area (TPSA) is 9.23 Å². The number of para-hydroxylation sites is 1. The van der Waals surface area contributed by atoms with Crippen LogP contribution in [0.2, 0.25) is 0 Å². The predicted octanol–water partition coefficient (Wildman–Crippen LogP) is 3.51. The van der Waals surface area contributed by atoms with Crippen molar-refractivity contribution in [1.82, 2.24) is 0 Å². The van der Waals surface area contributed by atoms with Crippen molar-refractivity contribution in [3.63, 3.8) is 0 Å². The van der Waals surface area contributed by atoms with Crippen molar-refractivity contribution in [3.05, 3.63) is 30.3 Å². The second kappa shape index (κ2) is 10.2. The summed E-state index contributed by atoms with van der Waals surface area (Å²) >= 11 is 4.25. The number of hydrogen-bond donors (Lipinski definition) is 0. The molecule has 0 aromatic heterocycles. The van der Waals surface area contributed by atoms with Crippen molar-refractivity contribution in [2.24, 2.45) is 0 Å². The molecular weight excluding hydrogens is 281 g/mol. The Morgan fingerprint density at radius 2 is 2.23 bits per heavy atom. The Labute approximate surface area is 96.9 Å². The van der Waals surface area contributed by atoms with Gasteiger partial charge < -0.3 is 4.74 Å². The monoisotopic (exact) mass is 292 g/mol. The molecule has 13 heavy (non-hydrogen) atoms. The van der Waals surface area contributed by atoms with Gasteiger partial charge in [0, 0.05) is 5.75 Å². The number of rotatable bonds is 4. The van der Waals surface area contributed by atoms with Crippen molar-refractivity contribution in [2.45, 2.75) is 19.8 Å². The molecule has 0 fully saturated rings. The molecule has 0 saturated heterocycles. The van der Waals surface area contributed by atoms with Gasteiger partial charge in [0.15, 0.2) is 0 Å². The first kappa shape index (κ1) is 13.1. The second-order valence-electron chi connectivity index (χ2n) is 2.43. The molecule has 0 amide bonds. The van der Waals surface area contributed by atoms with Gasteiger partial charge >= 0.3 is 30.0 Å². The van der Waals surface area contributed by atoms with Crippen LogP contribution < -0.4 is 4.74 Å². The van der Waals surface area contributed by atoms with Crippen molar-refractivity contribution < 1.29 is 21.1 Å². The van der Waals surface area contributed by atoms with Gasteiger partial charge in [-0.15, -0.1) is 12.1 Å². The van der Waals surface area contributed by atoms with E-state index in [1.165, 1.54) is 22.8 Å². The van der Waals surface area contributed by atoms with Gasteiger partial charge in [0.2, 0.25) is 0 Å². The van der Waals surface area contributed by atoms with E-state index in [4.69, 9.17) is 4.74 Å². The number of halogens is 1. The summed E-state index contributed by atoms with van der Waals surface area (Å²) in [7, 11) is 0. The Kier molecular flexibility index (Phi) is 10.3. The van der Waals surface area contributed by atoms with E-state index in [1.807, 2.05) is 24.3 Å². The second-order valence-corrected chi connectivity index (χ2v) is 2.43. The van der Waals surface area contributed by atoms with E-state index in [1.54, 1.807) is 0 Å². The predicted molar refractivity (Wildman–Crippen MR) is 54.6 cm³/mol. The standard InChI is InChI=1S/C10H13O.BrH.Zn/c1-2-3-9-11-10-7-5-4-6-8-10;;/h4-7H,2-3,9H2,1H3;1H;/q-1;;+2/p-1. The van der Waals surface area contributed by atoms with E-state index >= 15 is 0 Å². The van der Waals surface area contributed by atoms with Gasteiger partial charge in [0.1, 0.15) is 0 Å². The van der Waals surface area contributed by atoms with Crippen molar-refractivity contribution in [1.29, 1.82) is 0 Å². The fourth-order valence-corrected chi connectivity index (χ4v) is 0.793. The summed E-state index contributed by atoms with van der Waals surface area (Å²) in [6, 6.07) is 10.7. The van der Waals surface area contributed by atoms with E-state index in [-0.39, 0.29) is 0 Å². The van der Waals surface area contributed by atoms with Crippen LogP contribution in [0.15, 0.2) is 24.3 Å². The Bertz CT molecular complexity index is 191. The first-order valence-corrected chi connectivity index (χ1v) is 11.2. The molecule has 68 valence electrons. The molecule has 0 aliphatic rings. The number of benzene rings is 1. The Morgan fingerprint density at radius 1 is 1.46 bits per heavy atom. The van der Waals surface area contributed by atoms with Gasteiger partial charge in [-0.25, -0.2) is 0 Å². The van der Waals surface area contributed by atoms with Crippen molar-refractivity contribution in [2.75, 3.05) is 6.61 Å². The van der Waals surface area contributed by atoms with E-state index in [0.29, 0.717) is 0 Å². The van der Waals surface area contributed by atoms with Crippen LogP contribution in [0.25, 0.3) is 0 Å². The van der Waals surface area contributed by atoms with Crippen LogP contribution in [0.5, 0.6) is 5.75 Å². The molecule has 1 aromatic carbocycles. The van der Waals surface area contributed by atoms with E-state index in [9.17, 15) is 0 Å². The van der Waals surface area contributed by atoms with Crippen LogP contribution in [0.3, 0.4) is 0 Å². The van der Waals surface area contributed by atoms with E-state index < -0.39 is 0 Å². The molecule has 0 radical (unpaired) electrons. The normalized spacial score (nSPS) is 8.62. The summed E-state index contributed by atoms with van der Waals surface area (Å²) in [5.41, 5.74) is 0. The number of hydrogen-bond acceptors (Lipinski definition) is 1. The molecule has 0 saturated carbocycles. The molecule has 1 nitrogen and oxygen atoms in total. The van der Waals surface area contributed by atoms with Gasteiger partial charge in [-0.1, -0.05) is 13.3 Å². The molecule has 0 bridgehead atoms. The van der Waals surface area contributed by atoms with Crippen LogP contribution in [0.4, 0.5) is 0 Å². The Hall–Kier alpha value is 0.123. The third-order valence-electron chi connectivity index (χ3n) is 1.44. The fourth-order valence-electron chi connectivity index (χ4n) is 0.793. The molecule has 0 spiro atoms. The average Bonchev–Trinajstić information content (AvgIpc) is 2.23. The first-order valence-electron chi connectivity index (χ1n) is 4.29. The summed E-state index contributed by atoms with van der Waals surface area (Å²) in [6.45, 7) is 2.95. The quantitative estimate of drug-likeness (QED) is 0.469. The molecular formula is C10H13BrOZn. The number of unbranched alkanes of at least 4 members (excludes halogenated alkanes) is 1. The number of ether oxygens (including phenoxy) is 1. The maximum atomic E-state index is 5.39. The average molecular weight is 295 g/mol. The Morgan fingerprint density at radius 3 is 2.77 bits per heavy atom. The molecule has 0 atom stereocenters. The van der Waals surface area contributed by atoms with E-state index in [2.05, 4.69) is 26.6 Å². The van der Waals surface area contributed by atoms with Gasteiger partial charge in [0.25, 0.3) is 0 Å².